The summed E-state index contributed by atoms with van der Waals surface area (Å²) in [6.45, 7) is 4.13. The number of hydrogen-bond donors (Lipinski definition) is 2. The van der Waals surface area contributed by atoms with Gasteiger partial charge in [0, 0.05) is 6.61 Å². The van der Waals surface area contributed by atoms with Gasteiger partial charge in [-0.15, -0.1) is 0 Å². The van der Waals surface area contributed by atoms with Crippen LogP contribution in [0.5, 0.6) is 0 Å². The third kappa shape index (κ3) is 4.43. The van der Waals surface area contributed by atoms with Crippen LogP contribution >= 0.6 is 0 Å². The van der Waals surface area contributed by atoms with Gasteiger partial charge in [-0.2, -0.15) is 0 Å². The molecule has 1 rings (SSSR count). The normalized spacial score (nSPS) is 12.5. The van der Waals surface area contributed by atoms with Crippen molar-refractivity contribution >= 4 is 12.6 Å². The molecule has 0 spiro atoms. The molecule has 1 aromatic rings. The first-order valence-electron chi connectivity index (χ1n) is 5.42. The van der Waals surface area contributed by atoms with E-state index in [1.807, 2.05) is 6.92 Å². The van der Waals surface area contributed by atoms with Crippen LogP contribution in [0.4, 0.5) is 4.39 Å². The van der Waals surface area contributed by atoms with Crippen LogP contribution in [0, 0.1) is 5.82 Å². The molecule has 1 atom stereocenters. The minimum Gasteiger partial charge on any atom is -0.423 e. The molecular weight excluding hydrogens is 226 g/mol. The average Bonchev–Trinajstić information content (AvgIpc) is 2.26. The lowest BCUT2D eigenvalue weighted by atomic mass is 9.77. The van der Waals surface area contributed by atoms with Crippen molar-refractivity contribution in [3.63, 3.8) is 0 Å². The zero-order valence-corrected chi connectivity index (χ0v) is 9.89. The highest BCUT2D eigenvalue weighted by Gasteiger charge is 2.17. The SMILES string of the molecule is CCOC(C)OCc1cc(F)ccc1B(O)O. The molecule has 2 N–H and O–H groups in total. The highest BCUT2D eigenvalue weighted by atomic mass is 19.1. The summed E-state index contributed by atoms with van der Waals surface area (Å²) >= 11 is 0. The van der Waals surface area contributed by atoms with E-state index in [9.17, 15) is 4.39 Å². The molecule has 0 aromatic heterocycles. The Bertz CT molecular complexity index is 359. The second-order valence-corrected chi connectivity index (χ2v) is 3.55. The van der Waals surface area contributed by atoms with E-state index in [4.69, 9.17) is 19.5 Å². The van der Waals surface area contributed by atoms with Crippen molar-refractivity contribution in [3.05, 3.63) is 29.6 Å². The smallest absolute Gasteiger partial charge is 0.423 e. The van der Waals surface area contributed by atoms with Crippen LogP contribution in [0.2, 0.25) is 0 Å². The lowest BCUT2D eigenvalue weighted by Gasteiger charge is -2.14. The van der Waals surface area contributed by atoms with Gasteiger partial charge in [0.2, 0.25) is 0 Å². The fourth-order valence-electron chi connectivity index (χ4n) is 1.44. The van der Waals surface area contributed by atoms with Crippen molar-refractivity contribution in [2.75, 3.05) is 6.61 Å². The van der Waals surface area contributed by atoms with E-state index in [1.165, 1.54) is 18.2 Å². The molecule has 6 heteroatoms. The summed E-state index contributed by atoms with van der Waals surface area (Å²) in [4.78, 5) is 0. The molecular formula is C11H16BFO4. The van der Waals surface area contributed by atoms with E-state index >= 15 is 0 Å². The first-order chi connectivity index (χ1) is 8.04. The van der Waals surface area contributed by atoms with Gasteiger partial charge in [-0.1, -0.05) is 6.07 Å². The third-order valence-electron chi connectivity index (χ3n) is 2.26. The highest BCUT2D eigenvalue weighted by Crippen LogP contribution is 2.06. The number of benzene rings is 1. The van der Waals surface area contributed by atoms with Crippen LogP contribution in [-0.2, 0) is 16.1 Å². The maximum atomic E-state index is 13.0. The van der Waals surface area contributed by atoms with E-state index in [-0.39, 0.29) is 12.1 Å². The van der Waals surface area contributed by atoms with E-state index in [0.717, 1.165) is 0 Å². The van der Waals surface area contributed by atoms with Gasteiger partial charge in [-0.25, -0.2) is 4.39 Å². The molecule has 0 aliphatic heterocycles. The standard InChI is InChI=1S/C11H16BFO4/c1-3-16-8(2)17-7-9-6-10(13)4-5-11(9)12(14)15/h4-6,8,14-15H,3,7H2,1-2H3. The van der Waals surface area contributed by atoms with Crippen LogP contribution < -0.4 is 5.46 Å². The van der Waals surface area contributed by atoms with Crippen LogP contribution in [0.15, 0.2) is 18.2 Å². The van der Waals surface area contributed by atoms with E-state index < -0.39 is 19.2 Å². The summed E-state index contributed by atoms with van der Waals surface area (Å²) in [7, 11) is -1.64. The molecule has 0 aliphatic carbocycles. The zero-order chi connectivity index (χ0) is 12.8. The molecule has 1 aromatic carbocycles. The van der Waals surface area contributed by atoms with Gasteiger partial charge < -0.3 is 19.5 Å². The molecule has 0 bridgehead atoms. The molecule has 1 unspecified atom stereocenters. The van der Waals surface area contributed by atoms with Gasteiger partial charge in [0.25, 0.3) is 0 Å². The number of halogens is 1. The maximum Gasteiger partial charge on any atom is 0.488 e. The molecule has 17 heavy (non-hydrogen) atoms. The monoisotopic (exact) mass is 242 g/mol. The van der Waals surface area contributed by atoms with Crippen LogP contribution in [0.25, 0.3) is 0 Å². The molecule has 0 aliphatic rings. The Morgan fingerprint density at radius 1 is 1.35 bits per heavy atom. The topological polar surface area (TPSA) is 58.9 Å². The Hall–Kier alpha value is -0.945. The Morgan fingerprint density at radius 3 is 2.65 bits per heavy atom. The van der Waals surface area contributed by atoms with Crippen molar-refractivity contribution < 1.29 is 23.9 Å². The number of ether oxygens (including phenoxy) is 2. The van der Waals surface area contributed by atoms with Crippen molar-refractivity contribution in [2.24, 2.45) is 0 Å². The van der Waals surface area contributed by atoms with Gasteiger partial charge >= 0.3 is 7.12 Å². The van der Waals surface area contributed by atoms with Crippen LogP contribution in [-0.4, -0.2) is 30.1 Å². The molecule has 0 fully saturated rings. The largest absolute Gasteiger partial charge is 0.488 e. The number of hydrogen-bond acceptors (Lipinski definition) is 4. The van der Waals surface area contributed by atoms with Gasteiger partial charge in [0.05, 0.1) is 6.61 Å². The predicted octanol–water partition coefficient (Wildman–Crippen LogP) is 0.405. The number of rotatable bonds is 6. The maximum absolute atomic E-state index is 13.0. The Kier molecular flexibility index (Phi) is 5.57. The lowest BCUT2D eigenvalue weighted by molar-refractivity contribution is -0.134. The molecule has 94 valence electrons. The average molecular weight is 242 g/mol. The third-order valence-corrected chi connectivity index (χ3v) is 2.26. The van der Waals surface area contributed by atoms with Gasteiger partial charge in [0.15, 0.2) is 6.29 Å². The fraction of sp³-hybridized carbons (Fsp3) is 0.455. The van der Waals surface area contributed by atoms with Crippen molar-refractivity contribution in [1.29, 1.82) is 0 Å². The van der Waals surface area contributed by atoms with E-state index in [2.05, 4.69) is 0 Å². The fourth-order valence-corrected chi connectivity index (χ4v) is 1.44. The van der Waals surface area contributed by atoms with Crippen molar-refractivity contribution in [1.82, 2.24) is 0 Å². The Balaban J connectivity index is 2.71. The highest BCUT2D eigenvalue weighted by molar-refractivity contribution is 6.59. The molecule has 0 radical (unpaired) electrons. The quantitative estimate of drug-likeness (QED) is 0.560. The second kappa shape index (κ2) is 6.71. The van der Waals surface area contributed by atoms with Crippen LogP contribution in [0.3, 0.4) is 0 Å². The molecule has 0 amide bonds. The molecule has 0 saturated carbocycles. The zero-order valence-electron chi connectivity index (χ0n) is 9.89. The van der Waals surface area contributed by atoms with E-state index in [1.54, 1.807) is 6.92 Å². The second-order valence-electron chi connectivity index (χ2n) is 3.55. The Morgan fingerprint density at radius 2 is 2.06 bits per heavy atom. The summed E-state index contributed by atoms with van der Waals surface area (Å²) in [5.41, 5.74) is 0.627. The summed E-state index contributed by atoms with van der Waals surface area (Å²) in [5.74, 6) is -0.447. The Labute approximate surface area is 100 Å². The summed E-state index contributed by atoms with van der Waals surface area (Å²) in [6, 6.07) is 3.71. The minimum atomic E-state index is -1.64. The van der Waals surface area contributed by atoms with Gasteiger partial charge in [-0.3, -0.25) is 0 Å². The first kappa shape index (κ1) is 14.1. The first-order valence-corrected chi connectivity index (χ1v) is 5.42. The van der Waals surface area contributed by atoms with Crippen molar-refractivity contribution in [2.45, 2.75) is 26.7 Å². The minimum absolute atomic E-state index is 0.0614. The summed E-state index contributed by atoms with van der Waals surface area (Å²) in [6.07, 6.45) is -0.424. The van der Waals surface area contributed by atoms with Crippen LogP contribution in [0.1, 0.15) is 19.4 Å². The van der Waals surface area contributed by atoms with Gasteiger partial charge in [0.1, 0.15) is 5.82 Å². The molecule has 4 nitrogen and oxygen atoms in total. The predicted molar refractivity (Wildman–Crippen MR) is 62.1 cm³/mol. The van der Waals surface area contributed by atoms with E-state index in [0.29, 0.717) is 12.2 Å². The summed E-state index contributed by atoms with van der Waals surface area (Å²) in [5, 5.41) is 18.2. The molecule has 0 heterocycles. The molecule has 0 saturated heterocycles. The summed E-state index contributed by atoms with van der Waals surface area (Å²) < 4.78 is 23.5. The van der Waals surface area contributed by atoms with Gasteiger partial charge in [-0.05, 0) is 37.0 Å². The lowest BCUT2D eigenvalue weighted by Crippen LogP contribution is -2.33. The van der Waals surface area contributed by atoms with Crippen molar-refractivity contribution in [3.8, 4) is 0 Å².